The maximum absolute atomic E-state index is 12.0. The van der Waals surface area contributed by atoms with Gasteiger partial charge >= 0.3 is 5.97 Å². The Labute approximate surface area is 105 Å². The van der Waals surface area contributed by atoms with Gasteiger partial charge in [0.05, 0.1) is 5.92 Å². The summed E-state index contributed by atoms with van der Waals surface area (Å²) >= 11 is 0. The molecule has 4 unspecified atom stereocenters. The van der Waals surface area contributed by atoms with Gasteiger partial charge in [-0.05, 0) is 43.9 Å². The fourth-order valence-electron chi connectivity index (χ4n) is 4.10. The van der Waals surface area contributed by atoms with E-state index in [9.17, 15) is 4.79 Å². The maximum atomic E-state index is 12.0. The van der Waals surface area contributed by atoms with Gasteiger partial charge in [0.25, 0.3) is 0 Å². The molecular weight excluding hydrogens is 212 g/mol. The zero-order chi connectivity index (χ0) is 12.8. The molecule has 2 bridgehead atoms. The monoisotopic (exact) mass is 238 g/mol. The summed E-state index contributed by atoms with van der Waals surface area (Å²) < 4.78 is 5.88. The van der Waals surface area contributed by atoms with Crippen LogP contribution in [0.5, 0.6) is 0 Å². The molecule has 2 saturated carbocycles. The summed E-state index contributed by atoms with van der Waals surface area (Å²) in [5.41, 5.74) is 0.150. The van der Waals surface area contributed by atoms with Crippen molar-refractivity contribution in [3.05, 3.63) is 0 Å². The number of hydrogen-bond donors (Lipinski definition) is 0. The van der Waals surface area contributed by atoms with Crippen LogP contribution in [-0.2, 0) is 9.53 Å². The number of hydrogen-bond acceptors (Lipinski definition) is 2. The Balaban J connectivity index is 2.10. The topological polar surface area (TPSA) is 26.3 Å². The number of carbonyl (C=O) groups is 1. The van der Waals surface area contributed by atoms with E-state index in [1.807, 2.05) is 13.8 Å². The van der Waals surface area contributed by atoms with Crippen molar-refractivity contribution in [2.45, 2.75) is 65.9 Å². The molecule has 0 aromatic heterocycles. The number of carbonyl (C=O) groups excluding carboxylic acids is 1. The van der Waals surface area contributed by atoms with E-state index in [0.29, 0.717) is 11.3 Å². The Morgan fingerprint density at radius 1 is 1.35 bits per heavy atom. The Bertz CT molecular complexity index is 321. The first-order valence-electron chi connectivity index (χ1n) is 7.04. The quantitative estimate of drug-likeness (QED) is 0.699. The van der Waals surface area contributed by atoms with Crippen LogP contribution in [0.25, 0.3) is 0 Å². The standard InChI is InChI=1S/C15H26O2/c1-6-10(2)13(16)17-15(5)9-11-7-8-12(15)14(11,3)4/h10-12H,6-9H2,1-5H3. The second kappa shape index (κ2) is 4.00. The lowest BCUT2D eigenvalue weighted by Gasteiger charge is -2.36. The largest absolute Gasteiger partial charge is 0.459 e. The van der Waals surface area contributed by atoms with Crippen LogP contribution in [0.15, 0.2) is 0 Å². The van der Waals surface area contributed by atoms with Gasteiger partial charge < -0.3 is 4.74 Å². The fraction of sp³-hybridized carbons (Fsp3) is 0.933. The van der Waals surface area contributed by atoms with Gasteiger partial charge in [-0.15, -0.1) is 0 Å². The first-order chi connectivity index (χ1) is 7.81. The Kier molecular flexibility index (Phi) is 3.04. The highest BCUT2D eigenvalue weighted by Gasteiger charge is 2.61. The van der Waals surface area contributed by atoms with Gasteiger partial charge in [0.2, 0.25) is 0 Å². The molecule has 2 aliphatic rings. The van der Waals surface area contributed by atoms with Gasteiger partial charge in [0.15, 0.2) is 0 Å². The lowest BCUT2D eigenvalue weighted by molar-refractivity contribution is -0.169. The van der Waals surface area contributed by atoms with E-state index in [2.05, 4.69) is 20.8 Å². The van der Waals surface area contributed by atoms with Crippen molar-refractivity contribution < 1.29 is 9.53 Å². The summed E-state index contributed by atoms with van der Waals surface area (Å²) in [6.45, 7) is 10.8. The van der Waals surface area contributed by atoms with E-state index in [1.54, 1.807) is 0 Å². The molecule has 2 aliphatic carbocycles. The Morgan fingerprint density at radius 2 is 2.00 bits per heavy atom. The molecule has 0 radical (unpaired) electrons. The van der Waals surface area contributed by atoms with Gasteiger partial charge in [-0.2, -0.15) is 0 Å². The summed E-state index contributed by atoms with van der Waals surface area (Å²) in [5, 5.41) is 0. The van der Waals surface area contributed by atoms with Crippen LogP contribution in [0.4, 0.5) is 0 Å². The minimum Gasteiger partial charge on any atom is -0.459 e. The molecule has 17 heavy (non-hydrogen) atoms. The predicted molar refractivity (Wildman–Crippen MR) is 68.6 cm³/mol. The van der Waals surface area contributed by atoms with Gasteiger partial charge in [0, 0.05) is 5.92 Å². The molecule has 4 atom stereocenters. The average molecular weight is 238 g/mol. The molecule has 0 spiro atoms. The van der Waals surface area contributed by atoms with Gasteiger partial charge in [0.1, 0.15) is 5.60 Å². The first-order valence-corrected chi connectivity index (χ1v) is 7.04. The Morgan fingerprint density at radius 3 is 2.41 bits per heavy atom. The molecule has 0 aromatic rings. The number of ether oxygens (including phenoxy) is 1. The predicted octanol–water partition coefficient (Wildman–Crippen LogP) is 3.79. The normalized spacial score (nSPS) is 40.3. The van der Waals surface area contributed by atoms with Crippen LogP contribution in [0.1, 0.15) is 60.3 Å². The van der Waals surface area contributed by atoms with Crippen LogP contribution in [0, 0.1) is 23.2 Å². The summed E-state index contributed by atoms with van der Waals surface area (Å²) in [7, 11) is 0. The van der Waals surface area contributed by atoms with E-state index in [0.717, 1.165) is 18.8 Å². The maximum Gasteiger partial charge on any atom is 0.309 e. The first kappa shape index (κ1) is 12.9. The van der Waals surface area contributed by atoms with Crippen molar-refractivity contribution in [2.75, 3.05) is 0 Å². The average Bonchev–Trinajstić information content (AvgIpc) is 2.62. The zero-order valence-electron chi connectivity index (χ0n) is 11.9. The third-order valence-corrected chi connectivity index (χ3v) is 5.49. The van der Waals surface area contributed by atoms with Crippen molar-refractivity contribution in [3.8, 4) is 0 Å². The second-order valence-corrected chi connectivity index (χ2v) is 6.90. The van der Waals surface area contributed by atoms with Gasteiger partial charge in [-0.25, -0.2) is 0 Å². The van der Waals surface area contributed by atoms with Crippen LogP contribution in [0.2, 0.25) is 0 Å². The third kappa shape index (κ3) is 1.90. The van der Waals surface area contributed by atoms with Crippen molar-refractivity contribution in [3.63, 3.8) is 0 Å². The minimum absolute atomic E-state index is 0.00153. The summed E-state index contributed by atoms with van der Waals surface area (Å²) in [5.74, 6) is 1.32. The lowest BCUT2D eigenvalue weighted by atomic mass is 9.78. The van der Waals surface area contributed by atoms with Crippen molar-refractivity contribution in [1.82, 2.24) is 0 Å². The molecule has 98 valence electrons. The van der Waals surface area contributed by atoms with E-state index >= 15 is 0 Å². The summed E-state index contributed by atoms with van der Waals surface area (Å²) in [4.78, 5) is 12.0. The summed E-state index contributed by atoms with van der Waals surface area (Å²) in [6, 6.07) is 0. The molecule has 2 fully saturated rings. The van der Waals surface area contributed by atoms with E-state index in [4.69, 9.17) is 4.74 Å². The van der Waals surface area contributed by atoms with Gasteiger partial charge in [-0.1, -0.05) is 27.7 Å². The molecule has 0 aromatic carbocycles. The molecule has 0 aliphatic heterocycles. The molecule has 2 nitrogen and oxygen atoms in total. The molecule has 2 heteroatoms. The molecule has 0 N–H and O–H groups in total. The van der Waals surface area contributed by atoms with Crippen LogP contribution < -0.4 is 0 Å². The zero-order valence-corrected chi connectivity index (χ0v) is 11.9. The SMILES string of the molecule is CCC(C)C(=O)OC1(C)CC2CCC1C2(C)C. The Hall–Kier alpha value is -0.530. The second-order valence-electron chi connectivity index (χ2n) is 6.90. The van der Waals surface area contributed by atoms with Crippen molar-refractivity contribution in [2.24, 2.45) is 23.2 Å². The number of esters is 1. The highest BCUT2D eigenvalue weighted by molar-refractivity contribution is 5.72. The van der Waals surface area contributed by atoms with Crippen molar-refractivity contribution >= 4 is 5.97 Å². The third-order valence-electron chi connectivity index (χ3n) is 5.49. The molecular formula is C15H26O2. The van der Waals surface area contributed by atoms with Crippen LogP contribution in [0.3, 0.4) is 0 Å². The molecule has 0 saturated heterocycles. The van der Waals surface area contributed by atoms with E-state index in [-0.39, 0.29) is 17.5 Å². The van der Waals surface area contributed by atoms with Gasteiger partial charge in [-0.3, -0.25) is 4.79 Å². The smallest absolute Gasteiger partial charge is 0.309 e. The molecule has 2 rings (SSSR count). The van der Waals surface area contributed by atoms with E-state index < -0.39 is 0 Å². The summed E-state index contributed by atoms with van der Waals surface area (Å²) in [6.07, 6.45) is 4.47. The highest BCUT2D eigenvalue weighted by atomic mass is 16.6. The van der Waals surface area contributed by atoms with E-state index in [1.165, 1.54) is 12.8 Å². The van der Waals surface area contributed by atoms with Crippen LogP contribution >= 0.6 is 0 Å². The van der Waals surface area contributed by atoms with Crippen LogP contribution in [-0.4, -0.2) is 11.6 Å². The molecule has 0 amide bonds. The lowest BCUT2D eigenvalue weighted by Crippen LogP contribution is -2.40. The number of rotatable bonds is 3. The van der Waals surface area contributed by atoms with Crippen molar-refractivity contribution in [1.29, 1.82) is 0 Å². The highest BCUT2D eigenvalue weighted by Crippen LogP contribution is 2.63. The molecule has 0 heterocycles. The fourth-order valence-corrected chi connectivity index (χ4v) is 4.10. The minimum atomic E-state index is -0.201. The number of fused-ring (bicyclic) bond motifs is 2.